The molecule has 3 aromatic carbocycles. The first-order valence-corrected chi connectivity index (χ1v) is 11.5. The Bertz CT molecular complexity index is 1400. The maximum absolute atomic E-state index is 4.87. The molecule has 30 heavy (non-hydrogen) atoms. The summed E-state index contributed by atoms with van der Waals surface area (Å²) in [7, 11) is 0. The van der Waals surface area contributed by atoms with Crippen LogP contribution in [0.25, 0.3) is 42.2 Å². The molecular weight excluding hydrogens is 382 g/mol. The van der Waals surface area contributed by atoms with Crippen LogP contribution in [0.1, 0.15) is 51.7 Å². The molecular formula is C28H27NS. The van der Waals surface area contributed by atoms with E-state index in [9.17, 15) is 0 Å². The van der Waals surface area contributed by atoms with Gasteiger partial charge in [0.1, 0.15) is 0 Å². The molecule has 0 unspecified atom stereocenters. The molecule has 0 amide bonds. The van der Waals surface area contributed by atoms with E-state index in [1.807, 2.05) is 17.5 Å². The van der Waals surface area contributed by atoms with E-state index in [4.69, 9.17) is 4.98 Å². The number of nitrogens with zero attached hydrogens (tertiary/aromatic N) is 1. The number of benzene rings is 3. The molecule has 0 aliphatic rings. The van der Waals surface area contributed by atoms with E-state index < -0.39 is 0 Å². The number of pyridine rings is 1. The van der Waals surface area contributed by atoms with Crippen LogP contribution in [0.3, 0.4) is 0 Å². The van der Waals surface area contributed by atoms with E-state index in [0.717, 1.165) is 5.69 Å². The first-order valence-electron chi connectivity index (χ1n) is 10.7. The lowest BCUT2D eigenvalue weighted by Crippen LogP contribution is -2.12. The zero-order chi connectivity index (χ0) is 21.0. The second kappa shape index (κ2) is 6.92. The zero-order valence-electron chi connectivity index (χ0n) is 18.3. The lowest BCUT2D eigenvalue weighted by molar-refractivity contribution is 0.596. The van der Waals surface area contributed by atoms with E-state index in [1.165, 1.54) is 47.6 Å². The number of thiophene rings is 1. The molecule has 2 heteroatoms. The molecule has 0 aliphatic carbocycles. The normalized spacial score (nSPS) is 12.5. The standard InChI is InChI=1S/C28H27NS/c1-17(2)18-10-11-22-23-12-13-29-26(27(23)30-25(22)16-18)20-14-19-8-6-7-9-21(19)24(15-20)28(3,4)5/h6-17H,1-5H3. The van der Waals surface area contributed by atoms with Gasteiger partial charge in [0.05, 0.1) is 10.4 Å². The van der Waals surface area contributed by atoms with Crippen LogP contribution in [-0.2, 0) is 5.41 Å². The Kier molecular flexibility index (Phi) is 4.44. The lowest BCUT2D eigenvalue weighted by atomic mass is 9.82. The van der Waals surface area contributed by atoms with Crippen molar-refractivity contribution in [2.75, 3.05) is 0 Å². The third kappa shape index (κ3) is 3.11. The predicted octanol–water partition coefficient (Wildman–Crippen LogP) is 8.69. The van der Waals surface area contributed by atoms with Crippen molar-refractivity contribution in [1.82, 2.24) is 4.98 Å². The minimum absolute atomic E-state index is 0.0653. The molecule has 0 atom stereocenters. The molecule has 0 aliphatic heterocycles. The lowest BCUT2D eigenvalue weighted by Gasteiger charge is -2.22. The second-order valence-electron chi connectivity index (χ2n) is 9.54. The van der Waals surface area contributed by atoms with Crippen LogP contribution in [0, 0.1) is 0 Å². The molecule has 5 rings (SSSR count). The predicted molar refractivity (Wildman–Crippen MR) is 133 cm³/mol. The third-order valence-corrected chi connectivity index (χ3v) is 7.20. The summed E-state index contributed by atoms with van der Waals surface area (Å²) in [4.78, 5) is 4.87. The van der Waals surface area contributed by atoms with Gasteiger partial charge in [0.15, 0.2) is 0 Å². The van der Waals surface area contributed by atoms with Crippen LogP contribution < -0.4 is 0 Å². The molecule has 5 aromatic rings. The summed E-state index contributed by atoms with van der Waals surface area (Å²) in [5, 5.41) is 5.25. The highest BCUT2D eigenvalue weighted by molar-refractivity contribution is 7.26. The van der Waals surface area contributed by atoms with E-state index in [0.29, 0.717) is 5.92 Å². The third-order valence-electron chi connectivity index (χ3n) is 6.02. The molecule has 2 aromatic heterocycles. The Labute approximate surface area is 182 Å². The van der Waals surface area contributed by atoms with Gasteiger partial charge in [0.2, 0.25) is 0 Å². The van der Waals surface area contributed by atoms with Gasteiger partial charge >= 0.3 is 0 Å². The van der Waals surface area contributed by atoms with Crippen LogP contribution in [0.4, 0.5) is 0 Å². The summed E-state index contributed by atoms with van der Waals surface area (Å²) in [5.74, 6) is 0.534. The molecule has 1 nitrogen and oxygen atoms in total. The molecule has 150 valence electrons. The van der Waals surface area contributed by atoms with Gasteiger partial charge in [-0.15, -0.1) is 11.3 Å². The number of hydrogen-bond donors (Lipinski definition) is 0. The van der Waals surface area contributed by atoms with Crippen LogP contribution in [0.5, 0.6) is 0 Å². The molecule has 0 spiro atoms. The Morgan fingerprint density at radius 2 is 1.63 bits per heavy atom. The molecule has 0 radical (unpaired) electrons. The molecule has 0 N–H and O–H groups in total. The Balaban J connectivity index is 1.81. The van der Waals surface area contributed by atoms with Crippen LogP contribution in [-0.4, -0.2) is 4.98 Å². The summed E-state index contributed by atoms with van der Waals surface area (Å²) in [6.07, 6.45) is 1.96. The molecule has 2 heterocycles. The Morgan fingerprint density at radius 1 is 0.833 bits per heavy atom. The topological polar surface area (TPSA) is 12.9 Å². The van der Waals surface area contributed by atoms with E-state index in [1.54, 1.807) is 0 Å². The summed E-state index contributed by atoms with van der Waals surface area (Å²) >= 11 is 1.87. The van der Waals surface area contributed by atoms with Crippen molar-refractivity contribution in [3.05, 3.63) is 78.0 Å². The van der Waals surface area contributed by atoms with Crippen molar-refractivity contribution in [2.24, 2.45) is 0 Å². The van der Waals surface area contributed by atoms with E-state index in [-0.39, 0.29) is 5.41 Å². The van der Waals surface area contributed by atoms with Crippen molar-refractivity contribution in [1.29, 1.82) is 0 Å². The first-order chi connectivity index (χ1) is 14.3. The van der Waals surface area contributed by atoms with Crippen molar-refractivity contribution < 1.29 is 0 Å². The maximum atomic E-state index is 4.87. The molecule has 0 fully saturated rings. The zero-order valence-corrected chi connectivity index (χ0v) is 19.1. The fourth-order valence-corrected chi connectivity index (χ4v) is 5.61. The van der Waals surface area contributed by atoms with Gasteiger partial charge in [0.25, 0.3) is 0 Å². The van der Waals surface area contributed by atoms with Crippen LogP contribution in [0.2, 0.25) is 0 Å². The quantitative estimate of drug-likeness (QED) is 0.284. The largest absolute Gasteiger partial charge is 0.255 e. The maximum Gasteiger partial charge on any atom is 0.0880 e. The fourth-order valence-electron chi connectivity index (χ4n) is 4.35. The monoisotopic (exact) mass is 409 g/mol. The van der Waals surface area contributed by atoms with Gasteiger partial charge in [-0.25, -0.2) is 0 Å². The fraction of sp³-hybridized carbons (Fsp3) is 0.250. The minimum Gasteiger partial charge on any atom is -0.255 e. The van der Waals surface area contributed by atoms with Crippen molar-refractivity contribution in [2.45, 2.75) is 46.0 Å². The molecule has 0 saturated carbocycles. The van der Waals surface area contributed by atoms with E-state index >= 15 is 0 Å². The van der Waals surface area contributed by atoms with Gasteiger partial charge in [-0.05, 0) is 57.5 Å². The van der Waals surface area contributed by atoms with Gasteiger partial charge in [0, 0.05) is 27.2 Å². The number of aromatic nitrogens is 1. The second-order valence-corrected chi connectivity index (χ2v) is 10.6. The SMILES string of the molecule is CC(C)c1ccc2c(c1)sc1c(-c3cc(C(C)(C)C)c4ccccc4c3)nccc12. The average molecular weight is 410 g/mol. The van der Waals surface area contributed by atoms with Gasteiger partial charge < -0.3 is 0 Å². The average Bonchev–Trinajstić information content (AvgIpc) is 3.10. The highest BCUT2D eigenvalue weighted by atomic mass is 32.1. The summed E-state index contributed by atoms with van der Waals surface area (Å²) in [6, 6.07) is 22.4. The van der Waals surface area contributed by atoms with Crippen molar-refractivity contribution in [3.63, 3.8) is 0 Å². The van der Waals surface area contributed by atoms with Gasteiger partial charge in [-0.3, -0.25) is 4.98 Å². The first kappa shape index (κ1) is 19.3. The van der Waals surface area contributed by atoms with Crippen molar-refractivity contribution in [3.8, 4) is 11.3 Å². The highest BCUT2D eigenvalue weighted by Gasteiger charge is 2.20. The Morgan fingerprint density at radius 3 is 2.40 bits per heavy atom. The van der Waals surface area contributed by atoms with E-state index in [2.05, 4.69) is 95.3 Å². The van der Waals surface area contributed by atoms with Gasteiger partial charge in [-0.2, -0.15) is 0 Å². The van der Waals surface area contributed by atoms with Crippen LogP contribution >= 0.6 is 11.3 Å². The number of rotatable bonds is 2. The highest BCUT2D eigenvalue weighted by Crippen LogP contribution is 2.41. The number of fused-ring (bicyclic) bond motifs is 4. The van der Waals surface area contributed by atoms with Gasteiger partial charge in [-0.1, -0.05) is 71.0 Å². The smallest absolute Gasteiger partial charge is 0.0880 e. The molecule has 0 bridgehead atoms. The molecule has 0 saturated heterocycles. The summed E-state index contributed by atoms with van der Waals surface area (Å²) < 4.78 is 2.63. The Hall–Kier alpha value is -2.71. The summed E-state index contributed by atoms with van der Waals surface area (Å²) in [5.41, 5.74) is 5.13. The number of hydrogen-bond acceptors (Lipinski definition) is 2. The minimum atomic E-state index is 0.0653. The van der Waals surface area contributed by atoms with Crippen LogP contribution in [0.15, 0.2) is 66.9 Å². The summed E-state index contributed by atoms with van der Waals surface area (Å²) in [6.45, 7) is 11.4. The van der Waals surface area contributed by atoms with Crippen molar-refractivity contribution >= 4 is 42.3 Å².